The summed E-state index contributed by atoms with van der Waals surface area (Å²) in [4.78, 5) is 20.5. The topological polar surface area (TPSA) is 42.9 Å². The molecular formula is C10H7BrN2OS. The zero-order valence-electron chi connectivity index (χ0n) is 7.68. The molecule has 3 nitrogen and oxygen atoms in total. The first kappa shape index (κ1) is 10.4. The Morgan fingerprint density at radius 3 is 2.67 bits per heavy atom. The van der Waals surface area contributed by atoms with Crippen LogP contribution in [0, 0.1) is 0 Å². The van der Waals surface area contributed by atoms with Gasteiger partial charge in [-0.25, -0.2) is 9.97 Å². The highest BCUT2D eigenvalue weighted by Gasteiger charge is 2.10. The van der Waals surface area contributed by atoms with Gasteiger partial charge in [0.15, 0.2) is 5.78 Å². The van der Waals surface area contributed by atoms with Gasteiger partial charge in [0.25, 0.3) is 0 Å². The smallest absolute Gasteiger partial charge is 0.180 e. The number of carbonyl (C=O) groups is 1. The summed E-state index contributed by atoms with van der Waals surface area (Å²) in [6, 6.07) is 5.40. The molecule has 0 amide bonds. The largest absolute Gasteiger partial charge is 0.293 e. The minimum absolute atomic E-state index is 0.0527. The molecule has 0 N–H and O–H groups in total. The van der Waals surface area contributed by atoms with E-state index in [-0.39, 0.29) is 12.2 Å². The summed E-state index contributed by atoms with van der Waals surface area (Å²) < 4.78 is 0.958. The molecule has 0 unspecified atom stereocenters. The normalized spacial score (nSPS) is 10.2. The molecule has 0 spiro atoms. The summed E-state index contributed by atoms with van der Waals surface area (Å²) in [7, 11) is 0. The van der Waals surface area contributed by atoms with Crippen LogP contribution in [0.2, 0.25) is 0 Å². The number of halogens is 1. The van der Waals surface area contributed by atoms with Gasteiger partial charge in [0.05, 0.1) is 15.1 Å². The molecule has 2 heterocycles. The van der Waals surface area contributed by atoms with Crippen LogP contribution in [0.25, 0.3) is 0 Å². The van der Waals surface area contributed by atoms with Crippen molar-refractivity contribution in [3.8, 4) is 0 Å². The quantitative estimate of drug-likeness (QED) is 0.813. The van der Waals surface area contributed by atoms with E-state index in [1.165, 1.54) is 11.3 Å². The van der Waals surface area contributed by atoms with Gasteiger partial charge in [-0.1, -0.05) is 0 Å². The van der Waals surface area contributed by atoms with Crippen molar-refractivity contribution in [2.75, 3.05) is 0 Å². The van der Waals surface area contributed by atoms with Crippen molar-refractivity contribution in [2.24, 2.45) is 0 Å². The summed E-state index contributed by atoms with van der Waals surface area (Å²) in [6.45, 7) is 0. The Labute approximate surface area is 99.3 Å². The summed E-state index contributed by atoms with van der Waals surface area (Å²) in [5.41, 5.74) is 0. The maximum Gasteiger partial charge on any atom is 0.180 e. The van der Waals surface area contributed by atoms with Crippen LogP contribution in [0.1, 0.15) is 15.5 Å². The summed E-state index contributed by atoms with van der Waals surface area (Å²) >= 11 is 4.75. The lowest BCUT2D eigenvalue weighted by molar-refractivity contribution is 0.0994. The first-order chi connectivity index (χ1) is 7.25. The Morgan fingerprint density at radius 2 is 2.07 bits per heavy atom. The highest BCUT2D eigenvalue weighted by molar-refractivity contribution is 9.11. The van der Waals surface area contributed by atoms with Crippen molar-refractivity contribution in [3.63, 3.8) is 0 Å². The lowest BCUT2D eigenvalue weighted by Gasteiger charge is -1.95. The standard InChI is InChI=1S/C10H7BrN2OS/c11-9-3-2-8(15-9)7(14)6-10-12-4-1-5-13-10/h1-5H,6H2. The Bertz CT molecular complexity index is 469. The van der Waals surface area contributed by atoms with E-state index >= 15 is 0 Å². The van der Waals surface area contributed by atoms with Gasteiger partial charge in [-0.3, -0.25) is 4.79 Å². The predicted molar refractivity (Wildman–Crippen MR) is 62.1 cm³/mol. The fraction of sp³-hybridized carbons (Fsp3) is 0.100. The van der Waals surface area contributed by atoms with Crippen molar-refractivity contribution < 1.29 is 4.79 Å². The van der Waals surface area contributed by atoms with Gasteiger partial charge in [-0.05, 0) is 34.1 Å². The van der Waals surface area contributed by atoms with Crippen LogP contribution >= 0.6 is 27.3 Å². The Hall–Kier alpha value is -1.07. The minimum atomic E-state index is 0.0527. The van der Waals surface area contributed by atoms with Crippen molar-refractivity contribution in [1.82, 2.24) is 9.97 Å². The minimum Gasteiger partial charge on any atom is -0.293 e. The molecule has 2 aromatic heterocycles. The van der Waals surface area contributed by atoms with E-state index in [2.05, 4.69) is 25.9 Å². The number of rotatable bonds is 3. The molecule has 5 heteroatoms. The average Bonchev–Trinajstić information content (AvgIpc) is 2.66. The lowest BCUT2D eigenvalue weighted by atomic mass is 10.2. The highest BCUT2D eigenvalue weighted by Crippen LogP contribution is 2.22. The van der Waals surface area contributed by atoms with E-state index in [1.807, 2.05) is 6.07 Å². The maximum absolute atomic E-state index is 11.7. The number of hydrogen-bond acceptors (Lipinski definition) is 4. The third-order valence-corrected chi connectivity index (χ3v) is 3.45. The second kappa shape index (κ2) is 4.63. The third kappa shape index (κ3) is 2.70. The van der Waals surface area contributed by atoms with Crippen molar-refractivity contribution in [1.29, 1.82) is 0 Å². The molecule has 0 saturated carbocycles. The lowest BCUT2D eigenvalue weighted by Crippen LogP contribution is -2.04. The fourth-order valence-corrected chi connectivity index (χ4v) is 2.44. The molecule has 0 fully saturated rings. The monoisotopic (exact) mass is 282 g/mol. The SMILES string of the molecule is O=C(Cc1ncccn1)c1ccc(Br)s1. The van der Waals surface area contributed by atoms with Gasteiger partial charge in [0.2, 0.25) is 0 Å². The molecule has 0 aromatic carbocycles. The first-order valence-electron chi connectivity index (χ1n) is 4.30. The van der Waals surface area contributed by atoms with Crippen LogP contribution in [-0.4, -0.2) is 15.8 Å². The molecule has 0 saturated heterocycles. The number of ketones is 1. The molecule has 0 aliphatic carbocycles. The number of aromatic nitrogens is 2. The zero-order chi connectivity index (χ0) is 10.7. The number of nitrogens with zero attached hydrogens (tertiary/aromatic N) is 2. The highest BCUT2D eigenvalue weighted by atomic mass is 79.9. The molecule has 0 radical (unpaired) electrons. The fourth-order valence-electron chi connectivity index (χ4n) is 1.12. The molecule has 2 rings (SSSR count). The van der Waals surface area contributed by atoms with E-state index in [1.54, 1.807) is 24.5 Å². The van der Waals surface area contributed by atoms with Crippen molar-refractivity contribution in [2.45, 2.75) is 6.42 Å². The van der Waals surface area contributed by atoms with Crippen LogP contribution in [0.4, 0.5) is 0 Å². The van der Waals surface area contributed by atoms with Gasteiger partial charge in [0, 0.05) is 12.4 Å². The molecular weight excluding hydrogens is 276 g/mol. The second-order valence-corrected chi connectivity index (χ2v) is 5.33. The van der Waals surface area contributed by atoms with E-state index in [0.717, 1.165) is 8.66 Å². The van der Waals surface area contributed by atoms with Gasteiger partial charge < -0.3 is 0 Å². The molecule has 0 atom stereocenters. The van der Waals surface area contributed by atoms with E-state index < -0.39 is 0 Å². The van der Waals surface area contributed by atoms with Crippen LogP contribution < -0.4 is 0 Å². The van der Waals surface area contributed by atoms with E-state index in [9.17, 15) is 4.79 Å². The van der Waals surface area contributed by atoms with Crippen LogP contribution in [0.5, 0.6) is 0 Å². The molecule has 0 bridgehead atoms. The molecule has 76 valence electrons. The zero-order valence-corrected chi connectivity index (χ0v) is 10.1. The molecule has 0 aliphatic heterocycles. The van der Waals surface area contributed by atoms with E-state index in [0.29, 0.717) is 5.82 Å². The van der Waals surface area contributed by atoms with E-state index in [4.69, 9.17) is 0 Å². The average molecular weight is 283 g/mol. The van der Waals surface area contributed by atoms with Crippen LogP contribution in [-0.2, 0) is 6.42 Å². The number of thiophene rings is 1. The maximum atomic E-state index is 11.7. The Morgan fingerprint density at radius 1 is 1.33 bits per heavy atom. The second-order valence-electron chi connectivity index (χ2n) is 2.87. The predicted octanol–water partition coefficient (Wildman–Crippen LogP) is 2.73. The molecule has 0 aliphatic rings. The number of hydrogen-bond donors (Lipinski definition) is 0. The summed E-state index contributed by atoms with van der Waals surface area (Å²) in [6.07, 6.45) is 3.54. The molecule has 15 heavy (non-hydrogen) atoms. The first-order valence-corrected chi connectivity index (χ1v) is 5.91. The van der Waals surface area contributed by atoms with Crippen LogP contribution in [0.3, 0.4) is 0 Å². The van der Waals surface area contributed by atoms with Gasteiger partial charge in [-0.15, -0.1) is 11.3 Å². The van der Waals surface area contributed by atoms with Gasteiger partial charge >= 0.3 is 0 Å². The van der Waals surface area contributed by atoms with Crippen LogP contribution in [0.15, 0.2) is 34.4 Å². The summed E-state index contributed by atoms with van der Waals surface area (Å²) in [5.74, 6) is 0.615. The summed E-state index contributed by atoms with van der Waals surface area (Å²) in [5, 5.41) is 0. The third-order valence-electron chi connectivity index (χ3n) is 1.79. The van der Waals surface area contributed by atoms with Crippen molar-refractivity contribution in [3.05, 3.63) is 45.1 Å². The number of Topliss-reactive ketones (excluding diaryl/α,β-unsaturated/α-hetero) is 1. The van der Waals surface area contributed by atoms with Crippen molar-refractivity contribution >= 4 is 33.0 Å². The Balaban J connectivity index is 2.11. The van der Waals surface area contributed by atoms with Gasteiger partial charge in [0.1, 0.15) is 5.82 Å². The Kier molecular flexibility index (Phi) is 3.23. The van der Waals surface area contributed by atoms with Gasteiger partial charge in [-0.2, -0.15) is 0 Å². The number of carbonyl (C=O) groups excluding carboxylic acids is 1. The molecule has 2 aromatic rings.